The van der Waals surface area contributed by atoms with E-state index in [2.05, 4.69) is 5.32 Å². The Kier molecular flexibility index (Phi) is 6.88. The van der Waals surface area contributed by atoms with E-state index in [0.717, 1.165) is 5.56 Å². The lowest BCUT2D eigenvalue weighted by Gasteiger charge is -2.21. The maximum Gasteiger partial charge on any atom is 0.407 e. The molecular weight excluding hydrogens is 314 g/mol. The molecule has 1 rings (SSSR count). The van der Waals surface area contributed by atoms with Crippen molar-refractivity contribution in [1.29, 1.82) is 0 Å². The minimum Gasteiger partial charge on any atom is -0.497 e. The third kappa shape index (κ3) is 6.36. The number of hydrogen-bond donors (Lipinski definition) is 2. The van der Waals surface area contributed by atoms with Crippen molar-refractivity contribution in [2.45, 2.75) is 32.8 Å². The molecule has 0 aliphatic carbocycles. The third-order valence-electron chi connectivity index (χ3n) is 3.20. The summed E-state index contributed by atoms with van der Waals surface area (Å²) < 4.78 is 15.5. The Bertz CT molecular complexity index is 579. The summed E-state index contributed by atoms with van der Waals surface area (Å²) in [5, 5.41) is 11.9. The molecule has 0 spiro atoms. The quantitative estimate of drug-likeness (QED) is 0.792. The fourth-order valence-corrected chi connectivity index (χ4v) is 2.05. The van der Waals surface area contributed by atoms with Gasteiger partial charge < -0.3 is 24.6 Å². The van der Waals surface area contributed by atoms with Gasteiger partial charge in [-0.1, -0.05) is 6.07 Å². The van der Waals surface area contributed by atoms with E-state index >= 15 is 0 Å². The maximum atomic E-state index is 11.7. The monoisotopic (exact) mass is 339 g/mol. The van der Waals surface area contributed by atoms with Crippen molar-refractivity contribution in [3.8, 4) is 11.5 Å². The molecule has 1 amide bonds. The van der Waals surface area contributed by atoms with Crippen LogP contribution in [0.1, 0.15) is 26.3 Å². The molecule has 1 aromatic rings. The third-order valence-corrected chi connectivity index (χ3v) is 3.20. The second kappa shape index (κ2) is 8.42. The predicted molar refractivity (Wildman–Crippen MR) is 88.6 cm³/mol. The van der Waals surface area contributed by atoms with Crippen molar-refractivity contribution < 1.29 is 28.9 Å². The number of aliphatic carboxylic acids is 1. The molecule has 7 heteroatoms. The molecule has 7 nitrogen and oxygen atoms in total. The number of carboxylic acid groups (broad SMARTS) is 1. The van der Waals surface area contributed by atoms with Crippen molar-refractivity contribution >= 4 is 12.1 Å². The van der Waals surface area contributed by atoms with Gasteiger partial charge in [-0.15, -0.1) is 0 Å². The van der Waals surface area contributed by atoms with Crippen LogP contribution >= 0.6 is 0 Å². The minimum absolute atomic E-state index is 0.0422. The Morgan fingerprint density at radius 1 is 1.21 bits per heavy atom. The van der Waals surface area contributed by atoms with Gasteiger partial charge in [-0.3, -0.25) is 4.79 Å². The zero-order valence-electron chi connectivity index (χ0n) is 14.7. The number of carboxylic acids is 1. The second-order valence-electron chi connectivity index (χ2n) is 6.30. The molecule has 0 saturated carbocycles. The number of alkyl carbamates (subject to hydrolysis) is 1. The molecule has 0 bridgehead atoms. The number of benzene rings is 1. The van der Waals surface area contributed by atoms with E-state index in [1.54, 1.807) is 46.1 Å². The van der Waals surface area contributed by atoms with Crippen LogP contribution in [0.4, 0.5) is 4.79 Å². The average Bonchev–Trinajstić information content (AvgIpc) is 2.49. The van der Waals surface area contributed by atoms with E-state index in [9.17, 15) is 14.7 Å². The van der Waals surface area contributed by atoms with E-state index in [4.69, 9.17) is 14.2 Å². The number of amides is 1. The molecule has 0 fully saturated rings. The normalized spacial score (nSPS) is 12.2. The topological polar surface area (TPSA) is 94.1 Å². The molecule has 1 aromatic carbocycles. The van der Waals surface area contributed by atoms with Gasteiger partial charge in [0.25, 0.3) is 0 Å². The fraction of sp³-hybridized carbons (Fsp3) is 0.529. The Morgan fingerprint density at radius 2 is 1.88 bits per heavy atom. The number of rotatable bonds is 7. The molecule has 0 saturated heterocycles. The van der Waals surface area contributed by atoms with Gasteiger partial charge in [0.2, 0.25) is 0 Å². The lowest BCUT2D eigenvalue weighted by molar-refractivity contribution is -0.141. The Hall–Kier alpha value is -2.44. The van der Waals surface area contributed by atoms with E-state index in [1.165, 1.54) is 7.11 Å². The maximum absolute atomic E-state index is 11.7. The van der Waals surface area contributed by atoms with Crippen molar-refractivity contribution in [1.82, 2.24) is 5.32 Å². The van der Waals surface area contributed by atoms with Crippen LogP contribution in [0.5, 0.6) is 11.5 Å². The zero-order valence-corrected chi connectivity index (χ0v) is 14.7. The Morgan fingerprint density at radius 3 is 2.38 bits per heavy atom. The van der Waals surface area contributed by atoms with Gasteiger partial charge in [-0.2, -0.15) is 0 Å². The molecule has 0 aliphatic rings. The van der Waals surface area contributed by atoms with Crippen LogP contribution in [-0.2, 0) is 16.0 Å². The van der Waals surface area contributed by atoms with E-state index < -0.39 is 23.6 Å². The summed E-state index contributed by atoms with van der Waals surface area (Å²) in [5.41, 5.74) is 0.0823. The van der Waals surface area contributed by atoms with Gasteiger partial charge in [0.05, 0.1) is 20.1 Å². The highest BCUT2D eigenvalue weighted by Crippen LogP contribution is 2.26. The summed E-state index contributed by atoms with van der Waals surface area (Å²) in [6.07, 6.45) is -0.436. The summed E-state index contributed by atoms with van der Waals surface area (Å²) in [7, 11) is 3.05. The molecule has 1 atom stereocenters. The molecule has 2 N–H and O–H groups in total. The zero-order chi connectivity index (χ0) is 18.3. The molecule has 24 heavy (non-hydrogen) atoms. The number of carbonyl (C=O) groups is 2. The van der Waals surface area contributed by atoms with Crippen LogP contribution in [0.15, 0.2) is 18.2 Å². The second-order valence-corrected chi connectivity index (χ2v) is 6.30. The first kappa shape index (κ1) is 19.6. The summed E-state index contributed by atoms with van der Waals surface area (Å²) in [4.78, 5) is 23.1. The number of ether oxygens (including phenoxy) is 3. The van der Waals surface area contributed by atoms with E-state index in [-0.39, 0.29) is 13.0 Å². The Labute approximate surface area is 141 Å². The average molecular weight is 339 g/mol. The lowest BCUT2D eigenvalue weighted by atomic mass is 9.98. The summed E-state index contributed by atoms with van der Waals surface area (Å²) in [6.45, 7) is 5.18. The van der Waals surface area contributed by atoms with Crippen LogP contribution < -0.4 is 14.8 Å². The highest BCUT2D eigenvalue weighted by atomic mass is 16.6. The smallest absolute Gasteiger partial charge is 0.407 e. The van der Waals surface area contributed by atoms with Gasteiger partial charge in [-0.25, -0.2) is 4.79 Å². The first-order chi connectivity index (χ1) is 11.2. The van der Waals surface area contributed by atoms with Crippen LogP contribution in [0.2, 0.25) is 0 Å². The van der Waals surface area contributed by atoms with Crippen LogP contribution in [0.25, 0.3) is 0 Å². The fourth-order valence-electron chi connectivity index (χ4n) is 2.05. The molecule has 0 aliphatic heterocycles. The van der Waals surface area contributed by atoms with E-state index in [0.29, 0.717) is 11.5 Å². The number of hydrogen-bond acceptors (Lipinski definition) is 5. The summed E-state index contributed by atoms with van der Waals surface area (Å²) in [5.74, 6) is -0.657. The molecule has 0 heterocycles. The van der Waals surface area contributed by atoms with Gasteiger partial charge in [0, 0.05) is 12.6 Å². The standard InChI is InChI=1S/C17H25NO6/c1-17(2,3)24-16(21)18-10-12(15(19)20)8-11-6-7-13(22-4)9-14(11)23-5/h6-7,9,12H,8,10H2,1-5H3,(H,18,21)(H,19,20)/t12-/m0/s1. The van der Waals surface area contributed by atoms with Gasteiger partial charge >= 0.3 is 12.1 Å². The van der Waals surface area contributed by atoms with Crippen LogP contribution in [0, 0.1) is 5.92 Å². The SMILES string of the molecule is COc1ccc(C[C@@H](CNC(=O)OC(C)(C)C)C(=O)O)c(OC)c1. The highest BCUT2D eigenvalue weighted by molar-refractivity contribution is 5.73. The number of carbonyl (C=O) groups excluding carboxylic acids is 1. The lowest BCUT2D eigenvalue weighted by Crippen LogP contribution is -2.37. The summed E-state index contributed by atoms with van der Waals surface area (Å²) in [6, 6.07) is 5.18. The van der Waals surface area contributed by atoms with Gasteiger partial charge in [0.1, 0.15) is 17.1 Å². The Balaban J connectivity index is 2.77. The van der Waals surface area contributed by atoms with Crippen molar-refractivity contribution in [3.63, 3.8) is 0 Å². The number of nitrogens with one attached hydrogen (secondary N) is 1. The molecular formula is C17H25NO6. The largest absolute Gasteiger partial charge is 0.497 e. The minimum atomic E-state index is -1.01. The van der Waals surface area contributed by atoms with Crippen LogP contribution in [0.3, 0.4) is 0 Å². The van der Waals surface area contributed by atoms with Crippen LogP contribution in [-0.4, -0.2) is 43.5 Å². The van der Waals surface area contributed by atoms with Crippen molar-refractivity contribution in [2.75, 3.05) is 20.8 Å². The summed E-state index contributed by atoms with van der Waals surface area (Å²) >= 11 is 0. The molecule has 0 unspecified atom stereocenters. The van der Waals surface area contributed by atoms with Gasteiger partial charge in [0.15, 0.2) is 0 Å². The first-order valence-corrected chi connectivity index (χ1v) is 7.57. The molecule has 134 valence electrons. The number of methoxy groups -OCH3 is 2. The predicted octanol–water partition coefficient (Wildman–Crippen LogP) is 2.47. The van der Waals surface area contributed by atoms with E-state index in [1.807, 2.05) is 0 Å². The van der Waals surface area contributed by atoms with Crippen molar-refractivity contribution in [2.24, 2.45) is 5.92 Å². The first-order valence-electron chi connectivity index (χ1n) is 7.57. The molecule has 0 aromatic heterocycles. The molecule has 0 radical (unpaired) electrons. The van der Waals surface area contributed by atoms with Gasteiger partial charge in [-0.05, 0) is 38.8 Å². The van der Waals surface area contributed by atoms with Crippen molar-refractivity contribution in [3.05, 3.63) is 23.8 Å². The highest BCUT2D eigenvalue weighted by Gasteiger charge is 2.23.